The molecule has 0 atom stereocenters. The number of nitrogens with two attached hydrogens (primary N) is 1. The van der Waals surface area contributed by atoms with Crippen LogP contribution in [-0.4, -0.2) is 4.57 Å². The van der Waals surface area contributed by atoms with E-state index in [-0.39, 0.29) is 0 Å². The summed E-state index contributed by atoms with van der Waals surface area (Å²) < 4.78 is 2.05. The Bertz CT molecular complexity index is 488. The minimum absolute atomic E-state index is 0.567. The van der Waals surface area contributed by atoms with Crippen LogP contribution in [0.4, 0.5) is 0 Å². The molecule has 0 aliphatic rings. The first-order chi connectivity index (χ1) is 6.86. The Morgan fingerprint density at radius 1 is 1.36 bits per heavy atom. The Hall–Kier alpha value is -1.72. The van der Waals surface area contributed by atoms with Gasteiger partial charge in [0.05, 0.1) is 6.54 Å². The van der Waals surface area contributed by atoms with Crippen LogP contribution < -0.4 is 5.73 Å². The summed E-state index contributed by atoms with van der Waals surface area (Å²) in [6.45, 7) is 1.18. The number of aromatic nitrogens is 1. The molecule has 1 aromatic carbocycles. The zero-order valence-electron chi connectivity index (χ0n) is 7.90. The average molecular weight is 184 g/mol. The van der Waals surface area contributed by atoms with Gasteiger partial charge in [0.25, 0.3) is 0 Å². The van der Waals surface area contributed by atoms with Crippen molar-refractivity contribution in [1.82, 2.24) is 4.57 Å². The predicted octanol–water partition coefficient (Wildman–Crippen LogP) is 1.73. The van der Waals surface area contributed by atoms with E-state index in [0.29, 0.717) is 13.1 Å². The van der Waals surface area contributed by atoms with Crippen molar-refractivity contribution in [2.45, 2.75) is 13.1 Å². The van der Waals surface area contributed by atoms with Gasteiger partial charge in [0.2, 0.25) is 0 Å². The van der Waals surface area contributed by atoms with Crippen LogP contribution in [0.5, 0.6) is 0 Å². The number of nitrogens with zero attached hydrogens (tertiary/aromatic N) is 1. The van der Waals surface area contributed by atoms with Crippen molar-refractivity contribution in [3.8, 4) is 12.3 Å². The Morgan fingerprint density at radius 3 is 2.93 bits per heavy atom. The standard InChI is InChI=1S/C12H12N2/c1-2-7-14-8-6-11-10(9-13)4-3-5-12(11)14/h1,3-6,8H,7,9,13H2. The molecule has 0 saturated carbocycles. The molecule has 0 saturated heterocycles. The third-order valence-electron chi connectivity index (χ3n) is 2.39. The lowest BCUT2D eigenvalue weighted by molar-refractivity contribution is 0.886. The fraction of sp³-hybridized carbons (Fsp3) is 0.167. The Morgan fingerprint density at radius 2 is 2.21 bits per heavy atom. The van der Waals surface area contributed by atoms with E-state index in [2.05, 4.69) is 22.6 Å². The summed E-state index contributed by atoms with van der Waals surface area (Å²) in [6.07, 6.45) is 7.29. The van der Waals surface area contributed by atoms with Crippen LogP contribution in [0.1, 0.15) is 5.56 Å². The highest BCUT2D eigenvalue weighted by molar-refractivity contribution is 5.83. The molecule has 0 fully saturated rings. The lowest BCUT2D eigenvalue weighted by Crippen LogP contribution is -1.97. The van der Waals surface area contributed by atoms with E-state index in [1.807, 2.05) is 18.3 Å². The van der Waals surface area contributed by atoms with E-state index in [4.69, 9.17) is 12.2 Å². The summed E-state index contributed by atoms with van der Waals surface area (Å²) in [7, 11) is 0. The van der Waals surface area contributed by atoms with Crippen LogP contribution in [0, 0.1) is 12.3 Å². The molecule has 0 aliphatic carbocycles. The highest BCUT2D eigenvalue weighted by Gasteiger charge is 2.02. The van der Waals surface area contributed by atoms with Gasteiger partial charge in [-0.15, -0.1) is 6.42 Å². The molecule has 1 heterocycles. The number of benzene rings is 1. The maximum absolute atomic E-state index is 5.65. The number of hydrogen-bond acceptors (Lipinski definition) is 1. The predicted molar refractivity (Wildman–Crippen MR) is 58.7 cm³/mol. The van der Waals surface area contributed by atoms with Crippen LogP contribution in [-0.2, 0) is 13.1 Å². The number of rotatable bonds is 2. The van der Waals surface area contributed by atoms with Crippen LogP contribution in [0.25, 0.3) is 10.9 Å². The van der Waals surface area contributed by atoms with Gasteiger partial charge in [-0.3, -0.25) is 0 Å². The number of hydrogen-bond donors (Lipinski definition) is 1. The summed E-state index contributed by atoms with van der Waals surface area (Å²) in [5, 5.41) is 1.20. The van der Waals surface area contributed by atoms with Gasteiger partial charge in [0.15, 0.2) is 0 Å². The fourth-order valence-electron chi connectivity index (χ4n) is 1.70. The molecule has 14 heavy (non-hydrogen) atoms. The maximum Gasteiger partial charge on any atom is 0.0834 e. The fourth-order valence-corrected chi connectivity index (χ4v) is 1.70. The summed E-state index contributed by atoms with van der Waals surface area (Å²) in [5.74, 6) is 2.63. The average Bonchev–Trinajstić information content (AvgIpc) is 2.62. The molecule has 2 aromatic rings. The van der Waals surface area contributed by atoms with E-state index < -0.39 is 0 Å². The zero-order chi connectivity index (χ0) is 9.97. The first-order valence-electron chi connectivity index (χ1n) is 4.57. The highest BCUT2D eigenvalue weighted by Crippen LogP contribution is 2.19. The summed E-state index contributed by atoms with van der Waals surface area (Å²) in [6, 6.07) is 8.18. The molecule has 0 amide bonds. The van der Waals surface area contributed by atoms with Crippen molar-refractivity contribution in [2.24, 2.45) is 5.73 Å². The van der Waals surface area contributed by atoms with Gasteiger partial charge >= 0.3 is 0 Å². The van der Waals surface area contributed by atoms with Crippen LogP contribution >= 0.6 is 0 Å². The lowest BCUT2D eigenvalue weighted by atomic mass is 10.1. The van der Waals surface area contributed by atoms with Gasteiger partial charge in [-0.1, -0.05) is 18.1 Å². The third kappa shape index (κ3) is 1.28. The second-order valence-electron chi connectivity index (χ2n) is 3.20. The molecular formula is C12H12N2. The minimum atomic E-state index is 0.567. The lowest BCUT2D eigenvalue weighted by Gasteiger charge is -2.02. The number of terminal acetylenes is 1. The van der Waals surface area contributed by atoms with E-state index in [9.17, 15) is 0 Å². The molecule has 0 bridgehead atoms. The zero-order valence-corrected chi connectivity index (χ0v) is 7.90. The van der Waals surface area contributed by atoms with Crippen molar-refractivity contribution in [2.75, 3.05) is 0 Å². The number of fused-ring (bicyclic) bond motifs is 1. The monoisotopic (exact) mass is 184 g/mol. The Kier molecular flexibility index (Phi) is 2.26. The first-order valence-corrected chi connectivity index (χ1v) is 4.57. The minimum Gasteiger partial charge on any atom is -0.336 e. The van der Waals surface area contributed by atoms with E-state index in [1.54, 1.807) is 0 Å². The normalized spacial score (nSPS) is 10.3. The molecule has 0 spiro atoms. The summed E-state index contributed by atoms with van der Waals surface area (Å²) >= 11 is 0. The maximum atomic E-state index is 5.65. The van der Waals surface area contributed by atoms with Gasteiger partial charge in [0.1, 0.15) is 0 Å². The van der Waals surface area contributed by atoms with Gasteiger partial charge in [-0.05, 0) is 17.7 Å². The molecule has 0 radical (unpaired) electrons. The molecule has 2 heteroatoms. The van der Waals surface area contributed by atoms with E-state index in [1.165, 1.54) is 10.9 Å². The topological polar surface area (TPSA) is 30.9 Å². The molecule has 70 valence electrons. The Balaban J connectivity index is 2.64. The van der Waals surface area contributed by atoms with Crippen molar-refractivity contribution in [1.29, 1.82) is 0 Å². The molecular weight excluding hydrogens is 172 g/mol. The van der Waals surface area contributed by atoms with Crippen molar-refractivity contribution >= 4 is 10.9 Å². The quantitative estimate of drug-likeness (QED) is 0.708. The smallest absolute Gasteiger partial charge is 0.0834 e. The van der Waals surface area contributed by atoms with Crippen molar-refractivity contribution in [3.63, 3.8) is 0 Å². The van der Waals surface area contributed by atoms with Gasteiger partial charge < -0.3 is 10.3 Å². The van der Waals surface area contributed by atoms with Gasteiger partial charge in [-0.25, -0.2) is 0 Å². The molecule has 2 rings (SSSR count). The molecule has 0 aliphatic heterocycles. The highest BCUT2D eigenvalue weighted by atomic mass is 14.9. The van der Waals surface area contributed by atoms with Crippen LogP contribution in [0.15, 0.2) is 30.5 Å². The van der Waals surface area contributed by atoms with Gasteiger partial charge in [-0.2, -0.15) is 0 Å². The van der Waals surface area contributed by atoms with Crippen molar-refractivity contribution in [3.05, 3.63) is 36.0 Å². The largest absolute Gasteiger partial charge is 0.336 e. The van der Waals surface area contributed by atoms with Gasteiger partial charge in [0, 0.05) is 23.6 Å². The van der Waals surface area contributed by atoms with Crippen LogP contribution in [0.2, 0.25) is 0 Å². The van der Waals surface area contributed by atoms with E-state index in [0.717, 1.165) is 5.52 Å². The first kappa shape index (κ1) is 8.86. The van der Waals surface area contributed by atoms with Crippen molar-refractivity contribution < 1.29 is 0 Å². The van der Waals surface area contributed by atoms with Crippen LogP contribution in [0.3, 0.4) is 0 Å². The summed E-state index contributed by atoms with van der Waals surface area (Å²) in [5.41, 5.74) is 7.97. The summed E-state index contributed by atoms with van der Waals surface area (Å²) in [4.78, 5) is 0. The second-order valence-corrected chi connectivity index (χ2v) is 3.20. The molecule has 0 unspecified atom stereocenters. The second kappa shape index (κ2) is 3.57. The molecule has 1 aromatic heterocycles. The molecule has 2 nitrogen and oxygen atoms in total. The molecule has 2 N–H and O–H groups in total. The third-order valence-corrected chi connectivity index (χ3v) is 2.39. The Labute approximate surface area is 83.3 Å². The SMILES string of the molecule is C#CCn1ccc2c(CN)cccc21. The van der Waals surface area contributed by atoms with E-state index >= 15 is 0 Å².